The summed E-state index contributed by atoms with van der Waals surface area (Å²) in [6.07, 6.45) is 1.74. The summed E-state index contributed by atoms with van der Waals surface area (Å²) in [5, 5.41) is 5.61. The van der Waals surface area contributed by atoms with Crippen LogP contribution in [-0.2, 0) is 6.54 Å². The molecule has 20 heavy (non-hydrogen) atoms. The van der Waals surface area contributed by atoms with Crippen LogP contribution in [-0.4, -0.2) is 18.1 Å². The van der Waals surface area contributed by atoms with E-state index in [4.69, 9.17) is 4.74 Å². The molecule has 0 spiro atoms. The molecular formula is C17H22N2O. The predicted molar refractivity (Wildman–Crippen MR) is 84.0 cm³/mol. The van der Waals surface area contributed by atoms with Crippen molar-refractivity contribution in [2.75, 3.05) is 13.2 Å². The molecule has 0 aliphatic heterocycles. The highest BCUT2D eigenvalue weighted by Crippen LogP contribution is 2.24. The van der Waals surface area contributed by atoms with Gasteiger partial charge in [-0.1, -0.05) is 44.7 Å². The van der Waals surface area contributed by atoms with Crippen molar-refractivity contribution >= 4 is 10.8 Å². The largest absolute Gasteiger partial charge is 0.473 e. The average molecular weight is 270 g/mol. The summed E-state index contributed by atoms with van der Waals surface area (Å²) in [5.41, 5.74) is 1.00. The van der Waals surface area contributed by atoms with Gasteiger partial charge in [0.1, 0.15) is 6.61 Å². The highest BCUT2D eigenvalue weighted by atomic mass is 16.5. The molecule has 3 nitrogen and oxygen atoms in total. The molecule has 2 aromatic rings. The van der Waals surface area contributed by atoms with E-state index in [9.17, 15) is 0 Å². The Morgan fingerprint density at radius 2 is 2.15 bits per heavy atom. The normalized spacial score (nSPS) is 10.9. The molecule has 106 valence electrons. The van der Waals surface area contributed by atoms with Crippen LogP contribution in [0.4, 0.5) is 0 Å². The molecule has 1 aromatic carbocycles. The first-order valence-corrected chi connectivity index (χ1v) is 7.03. The molecule has 0 saturated carbocycles. The minimum absolute atomic E-state index is 0.472. The average Bonchev–Trinajstić information content (AvgIpc) is 2.44. The SMILES string of the molecule is C=CCOc1nc(CNCC(C)C)cc2ccccc12. The van der Waals surface area contributed by atoms with Gasteiger partial charge in [0.05, 0.1) is 5.69 Å². The van der Waals surface area contributed by atoms with Crippen molar-refractivity contribution < 1.29 is 4.74 Å². The molecule has 3 heteroatoms. The van der Waals surface area contributed by atoms with Crippen molar-refractivity contribution in [1.82, 2.24) is 10.3 Å². The van der Waals surface area contributed by atoms with Crippen molar-refractivity contribution in [3.8, 4) is 5.88 Å². The molecule has 1 heterocycles. The Kier molecular flexibility index (Phi) is 5.13. The molecule has 0 aliphatic carbocycles. The summed E-state index contributed by atoms with van der Waals surface area (Å²) in [4.78, 5) is 4.60. The number of benzene rings is 1. The molecule has 1 aromatic heterocycles. The second-order valence-corrected chi connectivity index (χ2v) is 5.26. The van der Waals surface area contributed by atoms with Gasteiger partial charge in [-0.05, 0) is 30.0 Å². The van der Waals surface area contributed by atoms with Gasteiger partial charge in [-0.15, -0.1) is 0 Å². The number of fused-ring (bicyclic) bond motifs is 1. The van der Waals surface area contributed by atoms with Gasteiger partial charge >= 0.3 is 0 Å². The van der Waals surface area contributed by atoms with Crippen LogP contribution in [0.15, 0.2) is 43.0 Å². The number of aromatic nitrogens is 1. The quantitative estimate of drug-likeness (QED) is 0.781. The number of hydrogen-bond donors (Lipinski definition) is 1. The lowest BCUT2D eigenvalue weighted by Crippen LogP contribution is -2.19. The van der Waals surface area contributed by atoms with E-state index in [1.807, 2.05) is 18.2 Å². The summed E-state index contributed by atoms with van der Waals surface area (Å²) in [7, 11) is 0. The van der Waals surface area contributed by atoms with E-state index in [0.29, 0.717) is 18.4 Å². The van der Waals surface area contributed by atoms with E-state index in [1.54, 1.807) is 6.08 Å². The summed E-state index contributed by atoms with van der Waals surface area (Å²) in [6.45, 7) is 10.3. The fourth-order valence-electron chi connectivity index (χ4n) is 2.05. The number of rotatable bonds is 7. The van der Waals surface area contributed by atoms with Crippen molar-refractivity contribution in [2.24, 2.45) is 5.92 Å². The molecule has 2 rings (SSSR count). The smallest absolute Gasteiger partial charge is 0.221 e. The molecule has 0 saturated heterocycles. The highest BCUT2D eigenvalue weighted by Gasteiger charge is 2.06. The minimum atomic E-state index is 0.472. The fourth-order valence-corrected chi connectivity index (χ4v) is 2.05. The third-order valence-electron chi connectivity index (χ3n) is 2.96. The zero-order valence-corrected chi connectivity index (χ0v) is 12.2. The van der Waals surface area contributed by atoms with Gasteiger partial charge in [0.2, 0.25) is 5.88 Å². The molecule has 0 radical (unpaired) electrons. The molecule has 0 aliphatic rings. The molecule has 0 amide bonds. The first-order valence-electron chi connectivity index (χ1n) is 7.03. The maximum absolute atomic E-state index is 5.68. The van der Waals surface area contributed by atoms with E-state index in [1.165, 1.54) is 0 Å². The van der Waals surface area contributed by atoms with Crippen LogP contribution in [0, 0.1) is 5.92 Å². The third kappa shape index (κ3) is 3.81. The number of pyridine rings is 1. The summed E-state index contributed by atoms with van der Waals surface area (Å²) < 4.78 is 5.68. The Balaban J connectivity index is 2.24. The second-order valence-electron chi connectivity index (χ2n) is 5.26. The van der Waals surface area contributed by atoms with Crippen LogP contribution in [0.25, 0.3) is 10.8 Å². The van der Waals surface area contributed by atoms with E-state index >= 15 is 0 Å². The highest BCUT2D eigenvalue weighted by molar-refractivity contribution is 5.87. The monoisotopic (exact) mass is 270 g/mol. The van der Waals surface area contributed by atoms with Crippen molar-refractivity contribution in [1.29, 1.82) is 0 Å². The van der Waals surface area contributed by atoms with Gasteiger partial charge < -0.3 is 10.1 Å². The van der Waals surface area contributed by atoms with Gasteiger partial charge in [-0.3, -0.25) is 0 Å². The lowest BCUT2D eigenvalue weighted by atomic mass is 10.1. The maximum atomic E-state index is 5.68. The van der Waals surface area contributed by atoms with E-state index in [-0.39, 0.29) is 0 Å². The predicted octanol–water partition coefficient (Wildman–Crippen LogP) is 3.55. The minimum Gasteiger partial charge on any atom is -0.473 e. The molecule has 0 bridgehead atoms. The van der Waals surface area contributed by atoms with Gasteiger partial charge in [0.25, 0.3) is 0 Å². The fraction of sp³-hybridized carbons (Fsp3) is 0.353. The molecule has 1 N–H and O–H groups in total. The lowest BCUT2D eigenvalue weighted by molar-refractivity contribution is 0.352. The first-order chi connectivity index (χ1) is 9.70. The van der Waals surface area contributed by atoms with Gasteiger partial charge in [-0.25, -0.2) is 4.98 Å². The van der Waals surface area contributed by atoms with Crippen molar-refractivity contribution in [3.05, 3.63) is 48.7 Å². The summed E-state index contributed by atoms with van der Waals surface area (Å²) in [5.74, 6) is 1.32. The molecule has 0 atom stereocenters. The van der Waals surface area contributed by atoms with Crippen molar-refractivity contribution in [3.63, 3.8) is 0 Å². The molecule has 0 unspecified atom stereocenters. The molecule has 0 fully saturated rings. The van der Waals surface area contributed by atoms with Gasteiger partial charge in [-0.2, -0.15) is 0 Å². The lowest BCUT2D eigenvalue weighted by Gasteiger charge is -2.11. The number of ether oxygens (including phenoxy) is 1. The van der Waals surface area contributed by atoms with Crippen LogP contribution in [0.5, 0.6) is 5.88 Å². The Hall–Kier alpha value is -1.87. The Morgan fingerprint density at radius 1 is 1.35 bits per heavy atom. The zero-order chi connectivity index (χ0) is 14.4. The van der Waals surface area contributed by atoms with E-state index in [0.717, 1.165) is 29.6 Å². The Morgan fingerprint density at radius 3 is 2.90 bits per heavy atom. The summed E-state index contributed by atoms with van der Waals surface area (Å²) >= 11 is 0. The number of hydrogen-bond acceptors (Lipinski definition) is 3. The number of nitrogens with zero attached hydrogens (tertiary/aromatic N) is 1. The van der Waals surface area contributed by atoms with Crippen molar-refractivity contribution in [2.45, 2.75) is 20.4 Å². The molecular weight excluding hydrogens is 248 g/mol. The first kappa shape index (κ1) is 14.5. The topological polar surface area (TPSA) is 34.1 Å². The second kappa shape index (κ2) is 7.06. The van der Waals surface area contributed by atoms with Crippen LogP contribution in [0.2, 0.25) is 0 Å². The number of nitrogens with one attached hydrogen (secondary N) is 1. The third-order valence-corrected chi connectivity index (χ3v) is 2.96. The Bertz CT molecular complexity index is 578. The summed E-state index contributed by atoms with van der Waals surface area (Å²) in [6, 6.07) is 10.3. The van der Waals surface area contributed by atoms with Crippen LogP contribution < -0.4 is 10.1 Å². The zero-order valence-electron chi connectivity index (χ0n) is 12.2. The van der Waals surface area contributed by atoms with E-state index < -0.39 is 0 Å². The van der Waals surface area contributed by atoms with Crippen LogP contribution in [0.1, 0.15) is 19.5 Å². The van der Waals surface area contributed by atoms with Crippen LogP contribution in [0.3, 0.4) is 0 Å². The Labute approximate surface area is 120 Å². The van der Waals surface area contributed by atoms with E-state index in [2.05, 4.69) is 42.9 Å². The standard InChI is InChI=1S/C17H22N2O/c1-4-9-20-17-16-8-6-5-7-14(16)10-15(19-17)12-18-11-13(2)3/h4-8,10,13,18H,1,9,11-12H2,2-3H3. The van der Waals surface area contributed by atoms with Gasteiger partial charge in [0.15, 0.2) is 0 Å². The van der Waals surface area contributed by atoms with Crippen LogP contribution >= 0.6 is 0 Å². The maximum Gasteiger partial charge on any atom is 0.221 e. The van der Waals surface area contributed by atoms with Gasteiger partial charge in [0, 0.05) is 11.9 Å².